The number of carbonyl (C=O) groups excluding carboxylic acids is 1. The lowest BCUT2D eigenvalue weighted by Gasteiger charge is -2.30. The van der Waals surface area contributed by atoms with Gasteiger partial charge in [-0.3, -0.25) is 9.69 Å². The predicted molar refractivity (Wildman–Crippen MR) is 131 cm³/mol. The minimum absolute atomic E-state index is 0.0362. The lowest BCUT2D eigenvalue weighted by atomic mass is 9.87. The van der Waals surface area contributed by atoms with Gasteiger partial charge in [-0.25, -0.2) is 0 Å². The summed E-state index contributed by atoms with van der Waals surface area (Å²) in [5.74, 6) is 2.19. The van der Waals surface area contributed by atoms with Crippen molar-refractivity contribution in [2.75, 3.05) is 20.2 Å². The Kier molecular flexibility index (Phi) is 7.32. The van der Waals surface area contributed by atoms with Crippen LogP contribution in [0.15, 0.2) is 53.1 Å². The Balaban J connectivity index is 1.24. The first-order valence-electron chi connectivity index (χ1n) is 11.9. The van der Waals surface area contributed by atoms with Crippen LogP contribution in [0.1, 0.15) is 50.6 Å². The molecule has 0 radical (unpaired) electrons. The first kappa shape index (κ1) is 24.0. The molecular formula is C27H34N4O3. The van der Waals surface area contributed by atoms with Crippen molar-refractivity contribution in [3.8, 4) is 17.1 Å². The molecule has 1 aliphatic heterocycles. The quantitative estimate of drug-likeness (QED) is 0.554. The molecule has 7 heteroatoms. The largest absolute Gasteiger partial charge is 0.497 e. The van der Waals surface area contributed by atoms with Crippen molar-refractivity contribution in [3.63, 3.8) is 0 Å². The number of nitrogens with zero attached hydrogens (tertiary/aromatic N) is 3. The first-order valence-corrected chi connectivity index (χ1v) is 11.9. The zero-order chi connectivity index (χ0) is 24.1. The number of hydrogen-bond donors (Lipinski definition) is 1. The van der Waals surface area contributed by atoms with Gasteiger partial charge in [0.1, 0.15) is 5.75 Å². The summed E-state index contributed by atoms with van der Waals surface area (Å²) in [7, 11) is 1.64. The lowest BCUT2D eigenvalue weighted by Crippen LogP contribution is -2.40. The Morgan fingerprint density at radius 2 is 1.76 bits per heavy atom. The fourth-order valence-corrected chi connectivity index (χ4v) is 4.18. The number of piperidine rings is 1. The molecule has 0 unspecified atom stereocenters. The van der Waals surface area contributed by atoms with Crippen molar-refractivity contribution in [2.24, 2.45) is 5.92 Å². The predicted octanol–water partition coefficient (Wildman–Crippen LogP) is 4.57. The highest BCUT2D eigenvalue weighted by Gasteiger charge is 2.26. The van der Waals surface area contributed by atoms with Gasteiger partial charge in [0, 0.05) is 18.0 Å². The van der Waals surface area contributed by atoms with E-state index in [1.165, 1.54) is 5.56 Å². The summed E-state index contributed by atoms with van der Waals surface area (Å²) in [5.41, 5.74) is 3.40. The Labute approximate surface area is 201 Å². The van der Waals surface area contributed by atoms with E-state index in [4.69, 9.17) is 9.26 Å². The van der Waals surface area contributed by atoms with Crippen molar-refractivity contribution in [2.45, 2.75) is 52.1 Å². The molecular weight excluding hydrogens is 428 g/mol. The second kappa shape index (κ2) is 10.4. The van der Waals surface area contributed by atoms with Gasteiger partial charge in [-0.2, -0.15) is 4.98 Å². The van der Waals surface area contributed by atoms with Crippen molar-refractivity contribution in [3.05, 3.63) is 65.5 Å². The highest BCUT2D eigenvalue weighted by Crippen LogP contribution is 2.25. The summed E-state index contributed by atoms with van der Waals surface area (Å²) in [6, 6.07) is 16.1. The van der Waals surface area contributed by atoms with Gasteiger partial charge in [-0.15, -0.1) is 0 Å². The minimum Gasteiger partial charge on any atom is -0.497 e. The molecule has 0 atom stereocenters. The van der Waals surface area contributed by atoms with Gasteiger partial charge >= 0.3 is 0 Å². The van der Waals surface area contributed by atoms with Gasteiger partial charge in [-0.05, 0) is 54.6 Å². The molecule has 4 rings (SSSR count). The molecule has 0 spiro atoms. The van der Waals surface area contributed by atoms with Crippen LogP contribution in [0.3, 0.4) is 0 Å². The average Bonchev–Trinajstić information content (AvgIpc) is 3.31. The van der Waals surface area contributed by atoms with E-state index in [1.54, 1.807) is 7.11 Å². The summed E-state index contributed by atoms with van der Waals surface area (Å²) in [4.78, 5) is 19.5. The van der Waals surface area contributed by atoms with Gasteiger partial charge in [-0.1, -0.05) is 62.3 Å². The third-order valence-electron chi connectivity index (χ3n) is 6.42. The molecule has 0 saturated carbocycles. The van der Waals surface area contributed by atoms with E-state index in [2.05, 4.69) is 53.3 Å². The Morgan fingerprint density at radius 3 is 2.38 bits per heavy atom. The van der Waals surface area contributed by atoms with Crippen LogP contribution >= 0.6 is 0 Å². The molecule has 2 heterocycles. The van der Waals surface area contributed by atoms with Crippen molar-refractivity contribution >= 4 is 5.91 Å². The van der Waals surface area contributed by atoms with E-state index in [1.807, 2.05) is 36.4 Å². The topological polar surface area (TPSA) is 80.5 Å². The minimum atomic E-state index is 0.0362. The molecule has 1 aromatic heterocycles. The second-order valence-corrected chi connectivity index (χ2v) is 9.96. The van der Waals surface area contributed by atoms with Crippen LogP contribution in [0.25, 0.3) is 11.4 Å². The van der Waals surface area contributed by atoms with E-state index < -0.39 is 0 Å². The van der Waals surface area contributed by atoms with Crippen LogP contribution in [-0.2, 0) is 23.3 Å². The molecule has 180 valence electrons. The van der Waals surface area contributed by atoms with Crippen LogP contribution < -0.4 is 10.1 Å². The van der Waals surface area contributed by atoms with E-state index in [-0.39, 0.29) is 17.2 Å². The molecule has 7 nitrogen and oxygen atoms in total. The van der Waals surface area contributed by atoms with Crippen molar-refractivity contribution < 1.29 is 14.1 Å². The molecule has 1 fully saturated rings. The normalized spacial score (nSPS) is 15.3. The summed E-state index contributed by atoms with van der Waals surface area (Å²) < 4.78 is 10.7. The molecule has 0 aliphatic carbocycles. The highest BCUT2D eigenvalue weighted by molar-refractivity contribution is 5.78. The van der Waals surface area contributed by atoms with Gasteiger partial charge in [0.05, 0.1) is 13.7 Å². The van der Waals surface area contributed by atoms with Crippen molar-refractivity contribution in [1.82, 2.24) is 20.4 Å². The maximum absolute atomic E-state index is 12.6. The number of hydrogen-bond acceptors (Lipinski definition) is 6. The number of amides is 1. The number of methoxy groups -OCH3 is 1. The standard InChI is InChI=1S/C27H34N4O3/c1-27(2,3)22-9-7-20(8-10-22)25-29-24(34-30-25)18-31-15-13-21(14-16-31)26(32)28-17-19-5-11-23(33-4)12-6-19/h5-12,21H,13-18H2,1-4H3,(H,28,32). The van der Waals surface area contributed by atoms with E-state index in [9.17, 15) is 4.79 Å². The van der Waals surface area contributed by atoms with E-state index in [0.29, 0.717) is 24.8 Å². The SMILES string of the molecule is COc1ccc(CNC(=O)C2CCN(Cc3nc(-c4ccc(C(C)(C)C)cc4)no3)CC2)cc1. The number of benzene rings is 2. The molecule has 1 N–H and O–H groups in total. The molecule has 0 bridgehead atoms. The van der Waals surface area contributed by atoms with Crippen LogP contribution in [-0.4, -0.2) is 41.1 Å². The summed E-state index contributed by atoms with van der Waals surface area (Å²) >= 11 is 0. The molecule has 1 amide bonds. The van der Waals surface area contributed by atoms with Gasteiger partial charge < -0.3 is 14.6 Å². The van der Waals surface area contributed by atoms with Crippen LogP contribution in [0.4, 0.5) is 0 Å². The zero-order valence-corrected chi connectivity index (χ0v) is 20.5. The molecule has 1 saturated heterocycles. The maximum atomic E-state index is 12.6. The number of carbonyl (C=O) groups is 1. The van der Waals surface area contributed by atoms with E-state index in [0.717, 1.165) is 42.8 Å². The fraction of sp³-hybridized carbons (Fsp3) is 0.444. The number of likely N-dealkylation sites (tertiary alicyclic amines) is 1. The summed E-state index contributed by atoms with van der Waals surface area (Å²) in [6.45, 7) is 9.39. The summed E-state index contributed by atoms with van der Waals surface area (Å²) in [5, 5.41) is 7.23. The van der Waals surface area contributed by atoms with Gasteiger partial charge in [0.2, 0.25) is 17.6 Å². The summed E-state index contributed by atoms with van der Waals surface area (Å²) in [6.07, 6.45) is 1.65. The lowest BCUT2D eigenvalue weighted by molar-refractivity contribution is -0.126. The van der Waals surface area contributed by atoms with Crippen molar-refractivity contribution in [1.29, 1.82) is 0 Å². The Morgan fingerprint density at radius 1 is 1.09 bits per heavy atom. The van der Waals surface area contributed by atoms with Crippen LogP contribution in [0, 0.1) is 5.92 Å². The fourth-order valence-electron chi connectivity index (χ4n) is 4.18. The number of aromatic nitrogens is 2. The highest BCUT2D eigenvalue weighted by atomic mass is 16.5. The third-order valence-corrected chi connectivity index (χ3v) is 6.42. The zero-order valence-electron chi connectivity index (χ0n) is 20.5. The first-order chi connectivity index (χ1) is 16.3. The Bertz CT molecular complexity index is 1080. The monoisotopic (exact) mass is 462 g/mol. The Hall–Kier alpha value is -3.19. The molecule has 2 aromatic carbocycles. The number of nitrogens with one attached hydrogen (secondary N) is 1. The third kappa shape index (κ3) is 6.03. The second-order valence-electron chi connectivity index (χ2n) is 9.96. The van der Waals surface area contributed by atoms with Gasteiger partial charge in [0.15, 0.2) is 0 Å². The number of rotatable bonds is 7. The molecule has 34 heavy (non-hydrogen) atoms. The number of ether oxygens (including phenoxy) is 1. The molecule has 1 aliphatic rings. The van der Waals surface area contributed by atoms with E-state index >= 15 is 0 Å². The maximum Gasteiger partial charge on any atom is 0.241 e. The van der Waals surface area contributed by atoms with Crippen LogP contribution in [0.5, 0.6) is 5.75 Å². The van der Waals surface area contributed by atoms with Crippen LogP contribution in [0.2, 0.25) is 0 Å². The van der Waals surface area contributed by atoms with Gasteiger partial charge in [0.25, 0.3) is 0 Å². The smallest absolute Gasteiger partial charge is 0.241 e. The molecule has 3 aromatic rings. The average molecular weight is 463 g/mol.